The lowest BCUT2D eigenvalue weighted by Crippen LogP contribution is -2.50. The van der Waals surface area contributed by atoms with Crippen LogP contribution in [0.1, 0.15) is 72.6 Å². The normalized spacial score (nSPS) is 41.9. The first-order chi connectivity index (χ1) is 15.0. The third-order valence-electron chi connectivity index (χ3n) is 10.4. The molecule has 1 aromatic heterocycles. The Morgan fingerprint density at radius 2 is 1.90 bits per heavy atom. The average molecular weight is 415 g/mol. The molecule has 2 heteroatoms. The molecular weight excluding hydrogens is 376 g/mol. The number of fused-ring (bicyclic) bond motifs is 6. The minimum absolute atomic E-state index is 0.276. The van der Waals surface area contributed by atoms with E-state index in [2.05, 4.69) is 75.0 Å². The molecule has 1 aromatic carbocycles. The SMILES string of the molecule is CC[C@@H]1CC2=CCC3C(CC[C@]4(C)C(n5cnc6ccccc65)=CCC34)[C@@]2(C)CC1C. The highest BCUT2D eigenvalue weighted by molar-refractivity contribution is 5.80. The van der Waals surface area contributed by atoms with Gasteiger partial charge in [-0.05, 0) is 85.7 Å². The van der Waals surface area contributed by atoms with Crippen molar-refractivity contribution >= 4 is 16.7 Å². The quantitative estimate of drug-likeness (QED) is 0.460. The first-order valence-electron chi connectivity index (χ1n) is 12.8. The third kappa shape index (κ3) is 2.66. The first kappa shape index (κ1) is 19.8. The predicted octanol–water partition coefficient (Wildman–Crippen LogP) is 7.72. The Morgan fingerprint density at radius 3 is 2.74 bits per heavy atom. The van der Waals surface area contributed by atoms with Gasteiger partial charge in [-0.3, -0.25) is 0 Å². The number of imidazole rings is 1. The lowest BCUT2D eigenvalue weighted by Gasteiger charge is -2.59. The summed E-state index contributed by atoms with van der Waals surface area (Å²) in [6.45, 7) is 10.1. The predicted molar refractivity (Wildman–Crippen MR) is 129 cm³/mol. The largest absolute Gasteiger partial charge is 0.302 e. The van der Waals surface area contributed by atoms with Gasteiger partial charge in [0.05, 0.1) is 11.0 Å². The van der Waals surface area contributed by atoms with Crippen molar-refractivity contribution in [3.8, 4) is 0 Å². The Bertz CT molecular complexity index is 1070. The standard InChI is InChI=1S/C29H38N2/c1-5-20-16-21-10-11-22-23-12-13-27(31-18-30-25-8-6-7-9-26(25)31)28(23,3)15-14-24(22)29(21,4)17-19(20)2/h6-10,13,18-20,22-24H,5,11-12,14-17H2,1-4H3/t19?,20-,22?,23?,24?,28+,29+/m1/s1. The van der Waals surface area contributed by atoms with E-state index in [0.717, 1.165) is 35.1 Å². The molecule has 7 atom stereocenters. The summed E-state index contributed by atoms with van der Waals surface area (Å²) in [5.41, 5.74) is 6.45. The van der Waals surface area contributed by atoms with Crippen LogP contribution in [0.3, 0.4) is 0 Å². The highest BCUT2D eigenvalue weighted by Gasteiger charge is 2.57. The second-order valence-corrected chi connectivity index (χ2v) is 11.7. The van der Waals surface area contributed by atoms with Crippen LogP contribution >= 0.6 is 0 Å². The van der Waals surface area contributed by atoms with Crippen LogP contribution < -0.4 is 0 Å². The Balaban J connectivity index is 1.34. The fourth-order valence-electron chi connectivity index (χ4n) is 8.69. The molecule has 4 aliphatic carbocycles. The van der Waals surface area contributed by atoms with Crippen molar-refractivity contribution in [3.63, 3.8) is 0 Å². The van der Waals surface area contributed by atoms with E-state index in [0.29, 0.717) is 5.41 Å². The maximum Gasteiger partial charge on any atom is 0.100 e. The molecule has 0 bridgehead atoms. The maximum atomic E-state index is 4.71. The number of nitrogens with zero attached hydrogens (tertiary/aromatic N) is 2. The van der Waals surface area contributed by atoms with Crippen molar-refractivity contribution in [3.05, 3.63) is 48.3 Å². The number of aromatic nitrogens is 2. The van der Waals surface area contributed by atoms with Crippen LogP contribution in [0.4, 0.5) is 0 Å². The molecule has 1 heterocycles. The summed E-state index contributed by atoms with van der Waals surface area (Å²) in [4.78, 5) is 4.71. The third-order valence-corrected chi connectivity index (χ3v) is 10.4. The van der Waals surface area contributed by atoms with Gasteiger partial charge in [0.15, 0.2) is 0 Å². The van der Waals surface area contributed by atoms with Gasteiger partial charge in [0.2, 0.25) is 0 Å². The average Bonchev–Trinajstić information content (AvgIpc) is 3.33. The zero-order valence-electron chi connectivity index (χ0n) is 19.8. The Labute approximate surface area is 187 Å². The van der Waals surface area contributed by atoms with Gasteiger partial charge in [0.25, 0.3) is 0 Å². The number of benzene rings is 1. The summed E-state index contributed by atoms with van der Waals surface area (Å²) >= 11 is 0. The fourth-order valence-corrected chi connectivity index (χ4v) is 8.69. The molecule has 2 saturated carbocycles. The molecule has 0 N–H and O–H groups in total. The van der Waals surface area contributed by atoms with Crippen LogP contribution in [0.15, 0.2) is 48.3 Å². The van der Waals surface area contributed by atoms with Gasteiger partial charge in [-0.1, -0.05) is 64.0 Å². The van der Waals surface area contributed by atoms with E-state index >= 15 is 0 Å². The number of para-hydroxylation sites is 2. The minimum Gasteiger partial charge on any atom is -0.302 e. The highest BCUT2D eigenvalue weighted by atomic mass is 15.1. The number of hydrogen-bond donors (Lipinski definition) is 0. The van der Waals surface area contributed by atoms with Crippen LogP contribution in [0.2, 0.25) is 0 Å². The molecule has 2 nitrogen and oxygen atoms in total. The van der Waals surface area contributed by atoms with Gasteiger partial charge in [-0.15, -0.1) is 0 Å². The molecule has 0 saturated heterocycles. The molecule has 0 aliphatic heterocycles. The first-order valence-corrected chi connectivity index (χ1v) is 12.8. The molecule has 4 unspecified atom stereocenters. The van der Waals surface area contributed by atoms with E-state index in [1.165, 1.54) is 56.2 Å². The van der Waals surface area contributed by atoms with Crippen LogP contribution in [0.5, 0.6) is 0 Å². The molecule has 31 heavy (non-hydrogen) atoms. The minimum atomic E-state index is 0.276. The van der Waals surface area contributed by atoms with Gasteiger partial charge in [0, 0.05) is 11.1 Å². The van der Waals surface area contributed by atoms with Gasteiger partial charge in [-0.2, -0.15) is 0 Å². The molecule has 4 aliphatic rings. The van der Waals surface area contributed by atoms with Crippen molar-refractivity contribution < 1.29 is 0 Å². The molecule has 2 aromatic rings. The zero-order valence-corrected chi connectivity index (χ0v) is 19.8. The van der Waals surface area contributed by atoms with E-state index in [1.54, 1.807) is 0 Å². The second-order valence-electron chi connectivity index (χ2n) is 11.7. The van der Waals surface area contributed by atoms with Gasteiger partial charge < -0.3 is 4.57 Å². The molecule has 0 spiro atoms. The van der Waals surface area contributed by atoms with E-state index in [-0.39, 0.29) is 5.41 Å². The summed E-state index contributed by atoms with van der Waals surface area (Å²) < 4.78 is 2.41. The van der Waals surface area contributed by atoms with Crippen LogP contribution in [0, 0.1) is 40.4 Å². The summed E-state index contributed by atoms with van der Waals surface area (Å²) in [6, 6.07) is 8.62. The number of allylic oxidation sites excluding steroid dienone is 4. The zero-order chi connectivity index (χ0) is 21.4. The van der Waals surface area contributed by atoms with Crippen molar-refractivity contribution in [1.29, 1.82) is 0 Å². The molecule has 0 amide bonds. The Morgan fingerprint density at radius 1 is 1.06 bits per heavy atom. The highest BCUT2D eigenvalue weighted by Crippen LogP contribution is 2.66. The van der Waals surface area contributed by atoms with Crippen molar-refractivity contribution in [2.45, 2.75) is 72.6 Å². The Hall–Kier alpha value is -1.83. The molecule has 0 radical (unpaired) electrons. The monoisotopic (exact) mass is 414 g/mol. The van der Waals surface area contributed by atoms with Crippen LogP contribution in [-0.2, 0) is 0 Å². The van der Waals surface area contributed by atoms with Crippen molar-refractivity contribution in [2.24, 2.45) is 40.4 Å². The summed E-state index contributed by atoms with van der Waals surface area (Å²) in [6.07, 6.45) is 16.7. The van der Waals surface area contributed by atoms with E-state index in [4.69, 9.17) is 4.98 Å². The fraction of sp³-hybridized carbons (Fsp3) is 0.621. The molecule has 6 rings (SSSR count). The maximum absolute atomic E-state index is 4.71. The summed E-state index contributed by atoms with van der Waals surface area (Å²) in [7, 11) is 0. The van der Waals surface area contributed by atoms with Crippen molar-refractivity contribution in [2.75, 3.05) is 0 Å². The number of rotatable bonds is 2. The van der Waals surface area contributed by atoms with Gasteiger partial charge in [-0.25, -0.2) is 4.98 Å². The van der Waals surface area contributed by atoms with E-state index < -0.39 is 0 Å². The topological polar surface area (TPSA) is 17.8 Å². The van der Waals surface area contributed by atoms with Crippen LogP contribution in [-0.4, -0.2) is 9.55 Å². The number of hydrogen-bond acceptors (Lipinski definition) is 1. The lowest BCUT2D eigenvalue weighted by atomic mass is 9.46. The summed E-state index contributed by atoms with van der Waals surface area (Å²) in [5.74, 6) is 4.25. The second kappa shape index (κ2) is 6.83. The van der Waals surface area contributed by atoms with Crippen molar-refractivity contribution in [1.82, 2.24) is 9.55 Å². The Kier molecular flexibility index (Phi) is 4.37. The molecule has 164 valence electrons. The lowest BCUT2D eigenvalue weighted by molar-refractivity contribution is -0.0263. The van der Waals surface area contributed by atoms with Crippen LogP contribution in [0.25, 0.3) is 16.7 Å². The molecule has 2 fully saturated rings. The van der Waals surface area contributed by atoms with Gasteiger partial charge >= 0.3 is 0 Å². The molecular formula is C29H38N2. The van der Waals surface area contributed by atoms with Gasteiger partial charge in [0.1, 0.15) is 6.33 Å². The smallest absolute Gasteiger partial charge is 0.100 e. The van der Waals surface area contributed by atoms with E-state index in [1.807, 2.05) is 5.57 Å². The summed E-state index contributed by atoms with van der Waals surface area (Å²) in [5, 5.41) is 0. The van der Waals surface area contributed by atoms with E-state index in [9.17, 15) is 0 Å².